The number of nitrogens with one attached hydrogen (secondary N) is 1. The third-order valence-corrected chi connectivity index (χ3v) is 3.80. The van der Waals surface area contributed by atoms with Crippen LogP contribution in [0.2, 0.25) is 0 Å². The molecule has 0 spiro atoms. The van der Waals surface area contributed by atoms with E-state index in [9.17, 15) is 0 Å². The molecule has 0 unspecified atom stereocenters. The zero-order chi connectivity index (χ0) is 11.6. The molecule has 1 saturated carbocycles. The molecule has 0 saturated heterocycles. The van der Waals surface area contributed by atoms with Crippen LogP contribution in [0.5, 0.6) is 0 Å². The quantitative estimate of drug-likeness (QED) is 0.643. The van der Waals surface area contributed by atoms with Crippen LogP contribution in [0.4, 0.5) is 0 Å². The molecular weight excluding hydrogens is 198 g/mol. The lowest BCUT2D eigenvalue weighted by atomic mass is 9.80. The van der Waals surface area contributed by atoms with Gasteiger partial charge in [0.25, 0.3) is 0 Å². The van der Waals surface area contributed by atoms with Gasteiger partial charge in [0.05, 0.1) is 0 Å². The Kier molecular flexibility index (Phi) is 7.87. The van der Waals surface area contributed by atoms with Crippen LogP contribution in [0, 0.1) is 11.8 Å². The molecule has 1 N–H and O–H groups in total. The van der Waals surface area contributed by atoms with Gasteiger partial charge in [0.2, 0.25) is 0 Å². The first-order chi connectivity index (χ1) is 7.86. The van der Waals surface area contributed by atoms with Crippen molar-refractivity contribution in [1.82, 2.24) is 5.32 Å². The Labute approximate surface area is 101 Å². The van der Waals surface area contributed by atoms with E-state index in [0.717, 1.165) is 31.4 Å². The monoisotopic (exact) mass is 227 g/mol. The highest BCUT2D eigenvalue weighted by Crippen LogP contribution is 2.30. The largest absolute Gasteiger partial charge is 0.385 e. The van der Waals surface area contributed by atoms with Crippen molar-refractivity contribution in [3.05, 3.63) is 0 Å². The van der Waals surface area contributed by atoms with Crippen molar-refractivity contribution in [2.75, 3.05) is 26.8 Å². The summed E-state index contributed by atoms with van der Waals surface area (Å²) in [6, 6.07) is 0. The Morgan fingerprint density at radius 3 is 2.44 bits per heavy atom. The average molecular weight is 227 g/mol. The molecule has 0 atom stereocenters. The van der Waals surface area contributed by atoms with E-state index >= 15 is 0 Å². The molecule has 0 radical (unpaired) electrons. The minimum absolute atomic E-state index is 0.885. The molecule has 0 aromatic carbocycles. The topological polar surface area (TPSA) is 21.3 Å². The Morgan fingerprint density at radius 2 is 1.81 bits per heavy atom. The van der Waals surface area contributed by atoms with Gasteiger partial charge in [-0.25, -0.2) is 0 Å². The van der Waals surface area contributed by atoms with Crippen LogP contribution < -0.4 is 5.32 Å². The Balaban J connectivity index is 1.95. The zero-order valence-corrected chi connectivity index (χ0v) is 11.1. The van der Waals surface area contributed by atoms with Gasteiger partial charge in [0.15, 0.2) is 0 Å². The number of ether oxygens (including phenoxy) is 1. The first-order valence-electron chi connectivity index (χ1n) is 7.06. The van der Waals surface area contributed by atoms with Crippen LogP contribution >= 0.6 is 0 Å². The molecule has 2 heteroatoms. The van der Waals surface area contributed by atoms with E-state index < -0.39 is 0 Å². The first kappa shape index (κ1) is 14.0. The summed E-state index contributed by atoms with van der Waals surface area (Å²) in [5.41, 5.74) is 0. The highest BCUT2D eigenvalue weighted by atomic mass is 16.5. The molecule has 1 aliphatic carbocycles. The summed E-state index contributed by atoms with van der Waals surface area (Å²) in [6.45, 7) is 5.53. The van der Waals surface area contributed by atoms with Crippen molar-refractivity contribution >= 4 is 0 Å². The normalized spacial score (nSPS) is 25.9. The summed E-state index contributed by atoms with van der Waals surface area (Å²) in [5, 5.41) is 3.56. The van der Waals surface area contributed by atoms with Gasteiger partial charge in [-0.3, -0.25) is 0 Å². The van der Waals surface area contributed by atoms with E-state index in [1.54, 1.807) is 7.11 Å². The third-order valence-electron chi connectivity index (χ3n) is 3.80. The summed E-state index contributed by atoms with van der Waals surface area (Å²) in [7, 11) is 1.77. The molecule has 2 nitrogen and oxygen atoms in total. The van der Waals surface area contributed by atoms with Crippen LogP contribution in [0.25, 0.3) is 0 Å². The van der Waals surface area contributed by atoms with Crippen LogP contribution in [0.15, 0.2) is 0 Å². The summed E-state index contributed by atoms with van der Waals surface area (Å²) >= 11 is 0. The maximum Gasteiger partial charge on any atom is 0.0474 e. The van der Waals surface area contributed by atoms with E-state index in [-0.39, 0.29) is 0 Å². The second kappa shape index (κ2) is 9.00. The fourth-order valence-electron chi connectivity index (χ4n) is 2.78. The predicted octanol–water partition coefficient (Wildman–Crippen LogP) is 3.22. The van der Waals surface area contributed by atoms with Gasteiger partial charge in [-0.15, -0.1) is 0 Å². The fraction of sp³-hybridized carbons (Fsp3) is 1.00. The zero-order valence-electron chi connectivity index (χ0n) is 11.1. The van der Waals surface area contributed by atoms with Gasteiger partial charge in [-0.2, -0.15) is 0 Å². The summed E-state index contributed by atoms with van der Waals surface area (Å²) in [6.07, 6.45) is 9.79. The Morgan fingerprint density at radius 1 is 1.12 bits per heavy atom. The fourth-order valence-corrected chi connectivity index (χ4v) is 2.78. The van der Waals surface area contributed by atoms with Crippen molar-refractivity contribution in [2.24, 2.45) is 11.8 Å². The molecule has 96 valence electrons. The standard InChI is InChI=1S/C14H29NO/c1-3-5-13-6-8-14(9-7-13)12-15-10-4-11-16-2/h13-15H,3-12H2,1-2H3. The minimum Gasteiger partial charge on any atom is -0.385 e. The molecule has 1 rings (SSSR count). The van der Waals surface area contributed by atoms with Crippen molar-refractivity contribution in [2.45, 2.75) is 51.9 Å². The van der Waals surface area contributed by atoms with E-state index in [4.69, 9.17) is 4.74 Å². The van der Waals surface area contributed by atoms with Gasteiger partial charge in [-0.1, -0.05) is 32.6 Å². The van der Waals surface area contributed by atoms with Crippen LogP contribution in [0.3, 0.4) is 0 Å². The highest BCUT2D eigenvalue weighted by Gasteiger charge is 2.19. The van der Waals surface area contributed by atoms with E-state index in [1.807, 2.05) is 0 Å². The maximum absolute atomic E-state index is 5.03. The average Bonchev–Trinajstić information content (AvgIpc) is 2.31. The van der Waals surface area contributed by atoms with Crippen molar-refractivity contribution in [3.8, 4) is 0 Å². The number of hydrogen-bond acceptors (Lipinski definition) is 2. The Bertz CT molecular complexity index is 153. The van der Waals surface area contributed by atoms with Crippen LogP contribution in [-0.2, 0) is 4.74 Å². The van der Waals surface area contributed by atoms with Gasteiger partial charge in [0, 0.05) is 13.7 Å². The lowest BCUT2D eigenvalue weighted by Gasteiger charge is -2.28. The van der Waals surface area contributed by atoms with Crippen molar-refractivity contribution in [1.29, 1.82) is 0 Å². The number of rotatable bonds is 8. The molecule has 1 aliphatic rings. The molecule has 16 heavy (non-hydrogen) atoms. The molecule has 0 aliphatic heterocycles. The molecule has 0 aromatic rings. The molecule has 0 amide bonds. The van der Waals surface area contributed by atoms with Gasteiger partial charge >= 0.3 is 0 Å². The lowest BCUT2D eigenvalue weighted by Crippen LogP contribution is -2.27. The van der Waals surface area contributed by atoms with Crippen molar-refractivity contribution in [3.63, 3.8) is 0 Å². The van der Waals surface area contributed by atoms with Crippen LogP contribution in [0.1, 0.15) is 51.9 Å². The van der Waals surface area contributed by atoms with Gasteiger partial charge in [-0.05, 0) is 44.2 Å². The first-order valence-corrected chi connectivity index (χ1v) is 7.06. The lowest BCUT2D eigenvalue weighted by molar-refractivity contribution is 0.192. The smallest absolute Gasteiger partial charge is 0.0474 e. The summed E-state index contributed by atoms with van der Waals surface area (Å²) in [5.74, 6) is 1.98. The third kappa shape index (κ3) is 5.86. The van der Waals surface area contributed by atoms with E-state index in [2.05, 4.69) is 12.2 Å². The SMILES string of the molecule is CCCC1CCC(CNCCCOC)CC1. The van der Waals surface area contributed by atoms with Crippen molar-refractivity contribution < 1.29 is 4.74 Å². The predicted molar refractivity (Wildman–Crippen MR) is 69.7 cm³/mol. The maximum atomic E-state index is 5.03. The van der Waals surface area contributed by atoms with E-state index in [0.29, 0.717) is 0 Å². The summed E-state index contributed by atoms with van der Waals surface area (Å²) < 4.78 is 5.03. The molecule has 0 bridgehead atoms. The second-order valence-corrected chi connectivity index (χ2v) is 5.23. The Hall–Kier alpha value is -0.0800. The van der Waals surface area contributed by atoms with E-state index in [1.165, 1.54) is 45.1 Å². The molecular formula is C14H29NO. The molecule has 0 heterocycles. The highest BCUT2D eigenvalue weighted by molar-refractivity contribution is 4.73. The molecule has 1 fully saturated rings. The number of methoxy groups -OCH3 is 1. The van der Waals surface area contributed by atoms with Crippen LogP contribution in [-0.4, -0.2) is 26.8 Å². The minimum atomic E-state index is 0.885. The number of hydrogen-bond donors (Lipinski definition) is 1. The van der Waals surface area contributed by atoms with Gasteiger partial charge < -0.3 is 10.1 Å². The second-order valence-electron chi connectivity index (χ2n) is 5.23. The summed E-state index contributed by atoms with van der Waals surface area (Å²) in [4.78, 5) is 0. The molecule has 0 aromatic heterocycles. The van der Waals surface area contributed by atoms with Gasteiger partial charge in [0.1, 0.15) is 0 Å².